The topological polar surface area (TPSA) is 58.6 Å². The van der Waals surface area contributed by atoms with Crippen LogP contribution in [0.5, 0.6) is 5.75 Å². The minimum Gasteiger partial charge on any atom is -0.505 e. The minimum atomic E-state index is -0.742. The molecule has 0 aliphatic heterocycles. The van der Waals surface area contributed by atoms with E-state index in [0.717, 1.165) is 18.9 Å². The van der Waals surface area contributed by atoms with E-state index in [9.17, 15) is 9.18 Å². The first-order valence-corrected chi connectivity index (χ1v) is 5.44. The molecule has 1 atom stereocenters. The van der Waals surface area contributed by atoms with Gasteiger partial charge in [0.2, 0.25) is 0 Å². The fourth-order valence-electron chi connectivity index (χ4n) is 1.61. The van der Waals surface area contributed by atoms with Crippen LogP contribution in [0.3, 0.4) is 0 Å². The molecule has 4 nitrogen and oxygen atoms in total. The summed E-state index contributed by atoms with van der Waals surface area (Å²) in [4.78, 5) is 11.6. The third kappa shape index (κ3) is 2.74. The molecule has 1 saturated carbocycles. The van der Waals surface area contributed by atoms with Gasteiger partial charge in [0.15, 0.2) is 11.6 Å². The van der Waals surface area contributed by atoms with E-state index in [-0.39, 0.29) is 6.04 Å². The Kier molecular flexibility index (Phi) is 3.28. The number of halogens is 1. The molecule has 0 aromatic heterocycles. The highest BCUT2D eigenvalue weighted by atomic mass is 19.1. The number of aromatic hydroxyl groups is 1. The van der Waals surface area contributed by atoms with Crippen molar-refractivity contribution in [2.75, 3.05) is 7.11 Å². The lowest BCUT2D eigenvalue weighted by atomic mass is 10.1. The molecule has 0 radical (unpaired) electrons. The molecule has 0 bridgehead atoms. The van der Waals surface area contributed by atoms with Crippen molar-refractivity contribution in [3.05, 3.63) is 29.6 Å². The largest absolute Gasteiger partial charge is 0.505 e. The number of methoxy groups -OCH3 is 1. The van der Waals surface area contributed by atoms with Gasteiger partial charge in [-0.2, -0.15) is 0 Å². The fourth-order valence-corrected chi connectivity index (χ4v) is 1.61. The summed E-state index contributed by atoms with van der Waals surface area (Å²) in [6, 6.07) is 3.50. The second kappa shape index (κ2) is 4.71. The van der Waals surface area contributed by atoms with E-state index < -0.39 is 23.6 Å². The molecule has 0 heterocycles. The van der Waals surface area contributed by atoms with Gasteiger partial charge < -0.3 is 9.84 Å². The molecule has 0 saturated heterocycles. The molecule has 1 aromatic carbocycles. The van der Waals surface area contributed by atoms with Gasteiger partial charge in [-0.3, -0.25) is 5.32 Å². The maximum atomic E-state index is 13.2. The first-order valence-electron chi connectivity index (χ1n) is 5.44. The van der Waals surface area contributed by atoms with Gasteiger partial charge in [-0.1, -0.05) is 6.07 Å². The van der Waals surface area contributed by atoms with Crippen molar-refractivity contribution < 1.29 is 19.0 Å². The molecule has 5 heteroatoms. The van der Waals surface area contributed by atoms with E-state index in [1.807, 2.05) is 0 Å². The number of carbonyl (C=O) groups is 1. The number of carbonyl (C=O) groups excluding carboxylic acids is 1. The van der Waals surface area contributed by atoms with Crippen LogP contribution in [-0.2, 0) is 9.53 Å². The van der Waals surface area contributed by atoms with Crippen molar-refractivity contribution in [2.24, 2.45) is 0 Å². The summed E-state index contributed by atoms with van der Waals surface area (Å²) in [5.74, 6) is -1.63. The number of nitrogens with one attached hydrogen (secondary N) is 1. The Balaban J connectivity index is 2.23. The standard InChI is InChI=1S/C12H14FNO3/c1-17-12(16)11(14-8-3-4-8)7-2-5-10(15)9(13)6-7/h2,5-6,8,11,14-15H,3-4H2,1H3. The van der Waals surface area contributed by atoms with Gasteiger partial charge >= 0.3 is 5.97 Å². The summed E-state index contributed by atoms with van der Waals surface area (Å²) < 4.78 is 17.9. The Morgan fingerprint density at radius 1 is 1.59 bits per heavy atom. The molecule has 2 N–H and O–H groups in total. The number of hydrogen-bond donors (Lipinski definition) is 2. The maximum absolute atomic E-state index is 13.2. The minimum absolute atomic E-state index is 0.288. The SMILES string of the molecule is COC(=O)C(NC1CC1)c1ccc(O)c(F)c1. The Morgan fingerprint density at radius 3 is 2.82 bits per heavy atom. The van der Waals surface area contributed by atoms with Gasteiger partial charge in [0, 0.05) is 6.04 Å². The number of phenols is 1. The van der Waals surface area contributed by atoms with Crippen LogP contribution in [0.2, 0.25) is 0 Å². The van der Waals surface area contributed by atoms with Crippen LogP contribution < -0.4 is 5.32 Å². The van der Waals surface area contributed by atoms with Crippen molar-refractivity contribution in [1.29, 1.82) is 0 Å². The first kappa shape index (κ1) is 11.9. The molecule has 92 valence electrons. The summed E-state index contributed by atoms with van der Waals surface area (Å²) in [5.41, 5.74) is 0.457. The van der Waals surface area contributed by atoms with Gasteiger partial charge in [-0.15, -0.1) is 0 Å². The quantitative estimate of drug-likeness (QED) is 0.782. The highest BCUT2D eigenvalue weighted by Crippen LogP contribution is 2.27. The third-order valence-corrected chi connectivity index (χ3v) is 2.72. The highest BCUT2D eigenvalue weighted by molar-refractivity contribution is 5.77. The molecule has 1 aliphatic carbocycles. The molecule has 1 fully saturated rings. The molecule has 0 amide bonds. The number of esters is 1. The molecular formula is C12H14FNO3. The van der Waals surface area contributed by atoms with Gasteiger partial charge in [-0.25, -0.2) is 9.18 Å². The molecular weight excluding hydrogens is 225 g/mol. The maximum Gasteiger partial charge on any atom is 0.327 e. The van der Waals surface area contributed by atoms with Crippen molar-refractivity contribution >= 4 is 5.97 Å². The summed E-state index contributed by atoms with van der Waals surface area (Å²) in [6.45, 7) is 0. The Bertz CT molecular complexity index is 432. The zero-order valence-corrected chi connectivity index (χ0v) is 9.44. The Morgan fingerprint density at radius 2 is 2.29 bits per heavy atom. The van der Waals surface area contributed by atoms with Crippen molar-refractivity contribution in [1.82, 2.24) is 5.32 Å². The average Bonchev–Trinajstić information content (AvgIpc) is 3.13. The summed E-state index contributed by atoms with van der Waals surface area (Å²) in [7, 11) is 1.29. The van der Waals surface area contributed by atoms with Crippen molar-refractivity contribution in [3.8, 4) is 5.75 Å². The van der Waals surface area contributed by atoms with Gasteiger partial charge in [0.1, 0.15) is 6.04 Å². The smallest absolute Gasteiger partial charge is 0.327 e. The van der Waals surface area contributed by atoms with Crippen LogP contribution in [0.1, 0.15) is 24.4 Å². The van der Waals surface area contributed by atoms with Crippen molar-refractivity contribution in [2.45, 2.75) is 24.9 Å². The van der Waals surface area contributed by atoms with Crippen LogP contribution in [0.15, 0.2) is 18.2 Å². The monoisotopic (exact) mass is 239 g/mol. The van der Waals surface area contributed by atoms with E-state index in [1.54, 1.807) is 0 Å². The molecule has 1 aliphatic rings. The van der Waals surface area contributed by atoms with Crippen LogP contribution >= 0.6 is 0 Å². The van der Waals surface area contributed by atoms with E-state index >= 15 is 0 Å². The molecule has 1 aromatic rings. The zero-order chi connectivity index (χ0) is 12.4. The number of benzene rings is 1. The summed E-state index contributed by atoms with van der Waals surface area (Å²) >= 11 is 0. The second-order valence-electron chi connectivity index (χ2n) is 4.11. The van der Waals surface area contributed by atoms with Crippen LogP contribution in [0.4, 0.5) is 4.39 Å². The predicted octanol–water partition coefficient (Wildman–Crippen LogP) is 1.50. The number of phenolic OH excluding ortho intramolecular Hbond substituents is 1. The lowest BCUT2D eigenvalue weighted by Gasteiger charge is -2.16. The number of rotatable bonds is 4. The van der Waals surface area contributed by atoms with E-state index in [0.29, 0.717) is 5.56 Å². The zero-order valence-electron chi connectivity index (χ0n) is 9.44. The summed E-state index contributed by atoms with van der Waals surface area (Å²) in [6.07, 6.45) is 2.02. The molecule has 1 unspecified atom stereocenters. The molecule has 2 rings (SSSR count). The van der Waals surface area contributed by atoms with E-state index in [2.05, 4.69) is 10.1 Å². The van der Waals surface area contributed by atoms with Gasteiger partial charge in [0.25, 0.3) is 0 Å². The van der Waals surface area contributed by atoms with Gasteiger partial charge in [-0.05, 0) is 30.5 Å². The van der Waals surface area contributed by atoms with Crippen LogP contribution in [0, 0.1) is 5.82 Å². The fraction of sp³-hybridized carbons (Fsp3) is 0.417. The Hall–Kier alpha value is -1.62. The predicted molar refractivity (Wildman–Crippen MR) is 59.0 cm³/mol. The normalized spacial score (nSPS) is 16.6. The lowest BCUT2D eigenvalue weighted by molar-refractivity contribution is -0.143. The molecule has 0 spiro atoms. The third-order valence-electron chi connectivity index (χ3n) is 2.72. The Labute approximate surface area is 98.4 Å². The summed E-state index contributed by atoms with van der Waals surface area (Å²) in [5, 5.41) is 12.2. The number of ether oxygens (including phenoxy) is 1. The lowest BCUT2D eigenvalue weighted by Crippen LogP contribution is -2.31. The highest BCUT2D eigenvalue weighted by Gasteiger charge is 2.30. The second-order valence-corrected chi connectivity index (χ2v) is 4.11. The van der Waals surface area contributed by atoms with E-state index in [1.165, 1.54) is 19.2 Å². The van der Waals surface area contributed by atoms with Crippen LogP contribution in [0.25, 0.3) is 0 Å². The number of hydrogen-bond acceptors (Lipinski definition) is 4. The van der Waals surface area contributed by atoms with Gasteiger partial charge in [0.05, 0.1) is 7.11 Å². The van der Waals surface area contributed by atoms with Crippen LogP contribution in [-0.4, -0.2) is 24.2 Å². The van der Waals surface area contributed by atoms with E-state index in [4.69, 9.17) is 5.11 Å². The first-order chi connectivity index (χ1) is 8.11. The average molecular weight is 239 g/mol. The molecule has 17 heavy (non-hydrogen) atoms. The van der Waals surface area contributed by atoms with Crippen molar-refractivity contribution in [3.63, 3.8) is 0 Å².